The highest BCUT2D eigenvalue weighted by atomic mass is 32.1. The van der Waals surface area contributed by atoms with Gasteiger partial charge in [-0.25, -0.2) is 4.68 Å². The van der Waals surface area contributed by atoms with E-state index < -0.39 is 0 Å². The number of pyridine rings is 1. The molecule has 0 saturated carbocycles. The first-order chi connectivity index (χ1) is 18.2. The maximum Gasteiger partial charge on any atom is 0.262 e. The summed E-state index contributed by atoms with van der Waals surface area (Å²) in [5.74, 6) is 0.495. The number of amides is 1. The SMILES string of the molecule is O=C1COc2ccc(-c3csc(=NCCc4ccccc4)n3N=Cc3ccc4ncccc4c3)cc2N1. The Balaban J connectivity index is 1.38. The van der Waals surface area contributed by atoms with Crippen LogP contribution in [0.15, 0.2) is 101 Å². The van der Waals surface area contributed by atoms with E-state index in [4.69, 9.17) is 14.8 Å². The van der Waals surface area contributed by atoms with Crippen molar-refractivity contribution in [2.45, 2.75) is 6.42 Å². The molecule has 5 aromatic rings. The molecule has 0 radical (unpaired) electrons. The lowest BCUT2D eigenvalue weighted by molar-refractivity contribution is -0.118. The van der Waals surface area contributed by atoms with Gasteiger partial charge in [-0.1, -0.05) is 42.5 Å². The molecule has 0 atom stereocenters. The monoisotopic (exact) mass is 505 g/mol. The predicted molar refractivity (Wildman–Crippen MR) is 147 cm³/mol. The third-order valence-corrected chi connectivity index (χ3v) is 6.89. The van der Waals surface area contributed by atoms with E-state index in [1.165, 1.54) is 16.9 Å². The molecule has 3 aromatic carbocycles. The van der Waals surface area contributed by atoms with E-state index >= 15 is 0 Å². The number of anilines is 1. The Bertz CT molecular complexity index is 1690. The number of ether oxygens (including phenoxy) is 1. The third-order valence-electron chi connectivity index (χ3n) is 6.03. The van der Waals surface area contributed by atoms with E-state index in [2.05, 4.69) is 28.5 Å². The van der Waals surface area contributed by atoms with Crippen molar-refractivity contribution in [1.29, 1.82) is 0 Å². The molecule has 0 spiro atoms. The van der Waals surface area contributed by atoms with E-state index in [1.807, 2.05) is 76.9 Å². The number of aromatic nitrogens is 2. The Morgan fingerprint density at radius 1 is 1.05 bits per heavy atom. The quantitative estimate of drug-likeness (QED) is 0.325. The fourth-order valence-electron chi connectivity index (χ4n) is 4.18. The topological polar surface area (TPSA) is 80.9 Å². The van der Waals surface area contributed by atoms with Crippen LogP contribution in [0.4, 0.5) is 5.69 Å². The van der Waals surface area contributed by atoms with Gasteiger partial charge in [0, 0.05) is 29.1 Å². The number of fused-ring (bicyclic) bond motifs is 2. The van der Waals surface area contributed by atoms with Crippen molar-refractivity contribution >= 4 is 40.0 Å². The summed E-state index contributed by atoms with van der Waals surface area (Å²) in [4.78, 5) is 21.9. The summed E-state index contributed by atoms with van der Waals surface area (Å²) in [6.07, 6.45) is 4.47. The van der Waals surface area contributed by atoms with Crippen molar-refractivity contribution in [3.63, 3.8) is 0 Å². The lowest BCUT2D eigenvalue weighted by Crippen LogP contribution is -2.25. The molecule has 1 aliphatic heterocycles. The van der Waals surface area contributed by atoms with Crippen LogP contribution in [0.5, 0.6) is 5.75 Å². The molecule has 1 N–H and O–H groups in total. The summed E-state index contributed by atoms with van der Waals surface area (Å²) >= 11 is 1.54. The van der Waals surface area contributed by atoms with Crippen LogP contribution in [-0.2, 0) is 11.2 Å². The number of nitrogens with one attached hydrogen (secondary N) is 1. The molecule has 7 nitrogen and oxygen atoms in total. The third kappa shape index (κ3) is 5.05. The molecule has 0 fully saturated rings. The summed E-state index contributed by atoms with van der Waals surface area (Å²) in [5.41, 5.74) is 5.59. The van der Waals surface area contributed by atoms with Crippen LogP contribution in [-0.4, -0.2) is 34.9 Å². The van der Waals surface area contributed by atoms with Gasteiger partial charge in [-0.15, -0.1) is 11.3 Å². The molecule has 182 valence electrons. The molecular formula is C29H23N5O2S. The molecule has 37 heavy (non-hydrogen) atoms. The number of carbonyl (C=O) groups excluding carboxylic acids is 1. The molecular weight excluding hydrogens is 482 g/mol. The zero-order chi connectivity index (χ0) is 25.0. The molecule has 1 amide bonds. The van der Waals surface area contributed by atoms with Gasteiger partial charge in [0.1, 0.15) is 5.75 Å². The van der Waals surface area contributed by atoms with Crippen LogP contribution < -0.4 is 14.9 Å². The van der Waals surface area contributed by atoms with Crippen LogP contribution in [0.1, 0.15) is 11.1 Å². The number of benzene rings is 3. The maximum absolute atomic E-state index is 11.9. The molecule has 1 aliphatic rings. The summed E-state index contributed by atoms with van der Waals surface area (Å²) in [5, 5.41) is 10.8. The van der Waals surface area contributed by atoms with Gasteiger partial charge >= 0.3 is 0 Å². The van der Waals surface area contributed by atoms with Crippen LogP contribution in [0, 0.1) is 0 Å². The minimum absolute atomic E-state index is 0.0286. The Morgan fingerprint density at radius 2 is 1.97 bits per heavy atom. The summed E-state index contributed by atoms with van der Waals surface area (Å²) in [6, 6.07) is 26.1. The van der Waals surface area contributed by atoms with Gasteiger partial charge in [-0.3, -0.25) is 14.8 Å². The van der Waals surface area contributed by atoms with Gasteiger partial charge in [0.05, 0.1) is 23.1 Å². The summed E-state index contributed by atoms with van der Waals surface area (Å²) in [6.45, 7) is 0.677. The second-order valence-corrected chi connectivity index (χ2v) is 9.42. The van der Waals surface area contributed by atoms with E-state index in [0.29, 0.717) is 18.0 Å². The van der Waals surface area contributed by atoms with Crippen LogP contribution in [0.3, 0.4) is 0 Å². The average molecular weight is 506 g/mol. The summed E-state index contributed by atoms with van der Waals surface area (Å²) < 4.78 is 7.39. The fourth-order valence-corrected chi connectivity index (χ4v) is 5.05. The molecule has 0 unspecified atom stereocenters. The molecule has 2 aromatic heterocycles. The standard InChI is InChI=1S/C29H23N5O2S/c35-28-18-36-27-11-9-23(16-25(27)33-28)26-19-37-29(31-14-12-20-5-2-1-3-6-20)34(26)32-17-21-8-10-24-22(15-21)7-4-13-30-24/h1-11,13,15-17,19H,12,14,18H2,(H,33,35). The molecule has 8 heteroatoms. The van der Waals surface area contributed by atoms with Crippen molar-refractivity contribution in [3.8, 4) is 17.0 Å². The van der Waals surface area contributed by atoms with E-state index in [0.717, 1.165) is 38.9 Å². The van der Waals surface area contributed by atoms with Crippen molar-refractivity contribution in [2.24, 2.45) is 10.1 Å². The lowest BCUT2D eigenvalue weighted by atomic mass is 10.1. The Labute approximate surface area is 217 Å². The molecule has 0 saturated heterocycles. The largest absolute Gasteiger partial charge is 0.482 e. The minimum Gasteiger partial charge on any atom is -0.482 e. The highest BCUT2D eigenvalue weighted by Gasteiger charge is 2.17. The average Bonchev–Trinajstić information content (AvgIpc) is 3.34. The predicted octanol–water partition coefficient (Wildman–Crippen LogP) is 5.12. The van der Waals surface area contributed by atoms with Gasteiger partial charge in [0.25, 0.3) is 5.91 Å². The Morgan fingerprint density at radius 3 is 2.89 bits per heavy atom. The van der Waals surface area contributed by atoms with Crippen molar-refractivity contribution in [1.82, 2.24) is 9.66 Å². The Hall–Kier alpha value is -4.56. The first-order valence-electron chi connectivity index (χ1n) is 11.9. The number of rotatable bonds is 6. The van der Waals surface area contributed by atoms with Gasteiger partial charge in [0.2, 0.25) is 4.80 Å². The lowest BCUT2D eigenvalue weighted by Gasteiger charge is -2.18. The smallest absolute Gasteiger partial charge is 0.262 e. The molecule has 3 heterocycles. The minimum atomic E-state index is -0.164. The van der Waals surface area contributed by atoms with E-state index in [1.54, 1.807) is 6.20 Å². The van der Waals surface area contributed by atoms with Crippen LogP contribution in [0.2, 0.25) is 0 Å². The molecule has 0 bridgehead atoms. The van der Waals surface area contributed by atoms with Crippen LogP contribution >= 0.6 is 11.3 Å². The number of carbonyl (C=O) groups is 1. The second kappa shape index (κ2) is 10.2. The molecule has 0 aliphatic carbocycles. The Kier molecular flexibility index (Phi) is 6.31. The van der Waals surface area contributed by atoms with Gasteiger partial charge in [-0.2, -0.15) is 5.10 Å². The first kappa shape index (κ1) is 22.9. The zero-order valence-corrected chi connectivity index (χ0v) is 20.7. The van der Waals surface area contributed by atoms with E-state index in [9.17, 15) is 4.79 Å². The highest BCUT2D eigenvalue weighted by molar-refractivity contribution is 7.07. The molecule has 6 rings (SSSR count). The number of nitrogens with zero attached hydrogens (tertiary/aromatic N) is 4. The highest BCUT2D eigenvalue weighted by Crippen LogP contribution is 2.33. The number of hydrogen-bond acceptors (Lipinski definition) is 6. The van der Waals surface area contributed by atoms with Gasteiger partial charge in [-0.05, 0) is 53.9 Å². The normalized spacial score (nSPS) is 13.5. The van der Waals surface area contributed by atoms with Gasteiger partial charge in [0.15, 0.2) is 6.61 Å². The van der Waals surface area contributed by atoms with Crippen molar-refractivity contribution < 1.29 is 9.53 Å². The summed E-state index contributed by atoms with van der Waals surface area (Å²) in [7, 11) is 0. The number of hydrogen-bond donors (Lipinski definition) is 1. The maximum atomic E-state index is 11.9. The zero-order valence-electron chi connectivity index (χ0n) is 19.9. The van der Waals surface area contributed by atoms with Gasteiger partial charge < -0.3 is 10.1 Å². The number of thiazole rings is 1. The first-order valence-corrected chi connectivity index (χ1v) is 12.8. The van der Waals surface area contributed by atoms with E-state index in [-0.39, 0.29) is 12.5 Å². The fraction of sp³-hybridized carbons (Fsp3) is 0.103. The van der Waals surface area contributed by atoms with Crippen molar-refractivity contribution in [3.05, 3.63) is 106 Å². The van der Waals surface area contributed by atoms with Crippen molar-refractivity contribution in [2.75, 3.05) is 18.5 Å². The van der Waals surface area contributed by atoms with Crippen LogP contribution in [0.25, 0.3) is 22.2 Å². The second-order valence-electron chi connectivity index (χ2n) is 8.58.